The lowest BCUT2D eigenvalue weighted by Gasteiger charge is -2.18. The SMILES string of the molecule is CC/C=C\C/C=C\C/C=C\C/C=C\C/C=C\C/C=C\CCCCCCCCCCCCCCC(=O)OCC(COC(=O)CCCCCCC)OC(=O)CCCCCCCCCCCCCCCC/C=C\C/C=C\C/C=C\C/C=C\CC. The van der Waals surface area contributed by atoms with Crippen molar-refractivity contribution in [3.63, 3.8) is 0 Å². The summed E-state index contributed by atoms with van der Waals surface area (Å²) < 4.78 is 16.8. The normalized spacial score (nSPS) is 12.9. The molecule has 0 rings (SSSR count). The molecule has 0 aliphatic rings. The van der Waals surface area contributed by atoms with Gasteiger partial charge in [0.05, 0.1) is 0 Å². The van der Waals surface area contributed by atoms with Gasteiger partial charge in [0.2, 0.25) is 0 Å². The number of hydrogen-bond donors (Lipinski definition) is 0. The maximum Gasteiger partial charge on any atom is 0.306 e. The van der Waals surface area contributed by atoms with Crippen molar-refractivity contribution >= 4 is 17.9 Å². The summed E-state index contributed by atoms with van der Waals surface area (Å²) in [6.07, 6.45) is 95.6. The van der Waals surface area contributed by atoms with Gasteiger partial charge in [-0.05, 0) is 109 Å². The number of ether oxygens (including phenoxy) is 3. The first-order chi connectivity index (χ1) is 40.0. The van der Waals surface area contributed by atoms with Gasteiger partial charge in [-0.15, -0.1) is 0 Å². The quantitative estimate of drug-likeness (QED) is 0.0261. The third-order valence-corrected chi connectivity index (χ3v) is 14.5. The van der Waals surface area contributed by atoms with Crippen LogP contribution in [0, 0.1) is 0 Å². The maximum absolute atomic E-state index is 12.9. The molecule has 1 atom stereocenters. The molecular formula is C75H126O6. The molecule has 0 radical (unpaired) electrons. The first-order valence-corrected chi connectivity index (χ1v) is 34.0. The Bertz CT molecular complexity index is 1670. The van der Waals surface area contributed by atoms with E-state index in [2.05, 4.69) is 142 Å². The average Bonchev–Trinajstić information content (AvgIpc) is 3.47. The predicted octanol–water partition coefficient (Wildman–Crippen LogP) is 23.6. The third-order valence-electron chi connectivity index (χ3n) is 14.5. The molecule has 0 N–H and O–H groups in total. The first kappa shape index (κ1) is 76.8. The maximum atomic E-state index is 12.9. The van der Waals surface area contributed by atoms with Crippen LogP contribution in [0.4, 0.5) is 0 Å². The van der Waals surface area contributed by atoms with Gasteiger partial charge in [-0.1, -0.05) is 309 Å². The first-order valence-electron chi connectivity index (χ1n) is 34.0. The molecule has 6 nitrogen and oxygen atoms in total. The molecular weight excluding hydrogens is 997 g/mol. The summed E-state index contributed by atoms with van der Waals surface area (Å²) in [7, 11) is 0. The standard InChI is InChI=1S/C75H126O6/c1-4-7-10-13-15-17-19-21-23-25-27-29-31-33-35-36-37-38-40-41-43-45-47-49-51-53-55-57-59-62-65-68-74(77)80-71-72(70-79-73(76)67-64-61-12-9-6-3)81-75(78)69-66-63-60-58-56-54-52-50-48-46-44-42-39-34-32-30-28-26-24-22-20-18-16-14-11-8-5-2/h7-8,10-11,15-18,21-24,27-30,33,35,37-38,72H,4-6,9,12-14,19-20,25-26,31-32,34,36,39-71H2,1-3H3/b10-7-,11-8-,17-15-,18-16-,23-21-,24-22-,29-27-,30-28-,35-33-,38-37-. The van der Waals surface area contributed by atoms with Gasteiger partial charge in [0.25, 0.3) is 0 Å². The highest BCUT2D eigenvalue weighted by molar-refractivity contribution is 5.71. The van der Waals surface area contributed by atoms with E-state index >= 15 is 0 Å². The Morgan fingerprint density at radius 3 is 0.753 bits per heavy atom. The topological polar surface area (TPSA) is 78.9 Å². The molecule has 0 aromatic heterocycles. The van der Waals surface area contributed by atoms with Gasteiger partial charge in [0.15, 0.2) is 6.10 Å². The van der Waals surface area contributed by atoms with E-state index in [9.17, 15) is 14.4 Å². The van der Waals surface area contributed by atoms with Crippen LogP contribution in [0.15, 0.2) is 122 Å². The highest BCUT2D eigenvalue weighted by Gasteiger charge is 2.19. The predicted molar refractivity (Wildman–Crippen MR) is 353 cm³/mol. The average molecular weight is 1120 g/mol. The largest absolute Gasteiger partial charge is 0.462 e. The van der Waals surface area contributed by atoms with Gasteiger partial charge in [0, 0.05) is 19.3 Å². The van der Waals surface area contributed by atoms with Crippen LogP contribution in [-0.4, -0.2) is 37.2 Å². The fourth-order valence-corrected chi connectivity index (χ4v) is 9.44. The Kier molecular flexibility index (Phi) is 64.8. The van der Waals surface area contributed by atoms with Crippen molar-refractivity contribution in [2.75, 3.05) is 13.2 Å². The summed E-state index contributed by atoms with van der Waals surface area (Å²) >= 11 is 0. The minimum atomic E-state index is -0.777. The minimum absolute atomic E-state index is 0.0782. The molecule has 0 saturated carbocycles. The molecule has 0 fully saturated rings. The smallest absolute Gasteiger partial charge is 0.306 e. The zero-order valence-electron chi connectivity index (χ0n) is 53.0. The number of hydrogen-bond acceptors (Lipinski definition) is 6. The molecule has 0 aromatic rings. The van der Waals surface area contributed by atoms with Crippen LogP contribution in [0.3, 0.4) is 0 Å². The number of unbranched alkanes of at least 4 members (excludes halogenated alkanes) is 30. The second-order valence-electron chi connectivity index (χ2n) is 22.3. The zero-order chi connectivity index (χ0) is 58.5. The van der Waals surface area contributed by atoms with E-state index in [-0.39, 0.29) is 31.1 Å². The Morgan fingerprint density at radius 2 is 0.481 bits per heavy atom. The lowest BCUT2D eigenvalue weighted by Crippen LogP contribution is -2.30. The van der Waals surface area contributed by atoms with Crippen molar-refractivity contribution < 1.29 is 28.6 Å². The van der Waals surface area contributed by atoms with Gasteiger partial charge >= 0.3 is 17.9 Å². The number of allylic oxidation sites excluding steroid dienone is 20. The monoisotopic (exact) mass is 1120 g/mol. The van der Waals surface area contributed by atoms with Crippen molar-refractivity contribution in [2.24, 2.45) is 0 Å². The second-order valence-corrected chi connectivity index (χ2v) is 22.3. The third kappa shape index (κ3) is 66.5. The summed E-state index contributed by atoms with van der Waals surface area (Å²) in [4.78, 5) is 38.0. The highest BCUT2D eigenvalue weighted by Crippen LogP contribution is 2.17. The number of esters is 3. The number of rotatable bonds is 61. The second kappa shape index (κ2) is 68.3. The number of carbonyl (C=O) groups is 3. The van der Waals surface area contributed by atoms with E-state index in [1.165, 1.54) is 148 Å². The van der Waals surface area contributed by atoms with Crippen LogP contribution in [0.25, 0.3) is 0 Å². The van der Waals surface area contributed by atoms with Gasteiger partial charge in [-0.3, -0.25) is 14.4 Å². The summed E-state index contributed by atoms with van der Waals surface area (Å²) in [6, 6.07) is 0. The van der Waals surface area contributed by atoms with Crippen LogP contribution >= 0.6 is 0 Å². The summed E-state index contributed by atoms with van der Waals surface area (Å²) in [5.74, 6) is -0.886. The van der Waals surface area contributed by atoms with Crippen molar-refractivity contribution in [2.45, 2.75) is 322 Å². The fourth-order valence-electron chi connectivity index (χ4n) is 9.44. The van der Waals surface area contributed by atoms with E-state index in [4.69, 9.17) is 14.2 Å². The Balaban J connectivity index is 4.01. The Labute approximate surface area is 501 Å². The molecule has 1 unspecified atom stereocenters. The van der Waals surface area contributed by atoms with Crippen LogP contribution < -0.4 is 0 Å². The highest BCUT2D eigenvalue weighted by atomic mass is 16.6. The molecule has 462 valence electrons. The van der Waals surface area contributed by atoms with E-state index in [1.807, 2.05) is 0 Å². The minimum Gasteiger partial charge on any atom is -0.462 e. The number of carbonyl (C=O) groups excluding carboxylic acids is 3. The Hall–Kier alpha value is -4.19. The van der Waals surface area contributed by atoms with Crippen LogP contribution in [0.5, 0.6) is 0 Å². The van der Waals surface area contributed by atoms with E-state index in [1.54, 1.807) is 0 Å². The van der Waals surface area contributed by atoms with Crippen molar-refractivity contribution in [3.8, 4) is 0 Å². The molecule has 6 heteroatoms. The molecule has 0 aliphatic carbocycles. The summed E-state index contributed by atoms with van der Waals surface area (Å²) in [6.45, 7) is 6.35. The van der Waals surface area contributed by atoms with Crippen molar-refractivity contribution in [1.29, 1.82) is 0 Å². The van der Waals surface area contributed by atoms with E-state index in [0.29, 0.717) is 19.3 Å². The van der Waals surface area contributed by atoms with Gasteiger partial charge < -0.3 is 14.2 Å². The van der Waals surface area contributed by atoms with Gasteiger partial charge in [-0.2, -0.15) is 0 Å². The van der Waals surface area contributed by atoms with E-state index in [0.717, 1.165) is 128 Å². The summed E-state index contributed by atoms with van der Waals surface area (Å²) in [5.41, 5.74) is 0. The van der Waals surface area contributed by atoms with Crippen LogP contribution in [-0.2, 0) is 28.6 Å². The van der Waals surface area contributed by atoms with Crippen LogP contribution in [0.1, 0.15) is 316 Å². The van der Waals surface area contributed by atoms with Crippen molar-refractivity contribution in [1.82, 2.24) is 0 Å². The molecule has 0 aliphatic heterocycles. The molecule has 81 heavy (non-hydrogen) atoms. The molecule has 0 spiro atoms. The molecule has 0 amide bonds. The van der Waals surface area contributed by atoms with E-state index < -0.39 is 6.10 Å². The lowest BCUT2D eigenvalue weighted by atomic mass is 10.0. The molecule has 0 aromatic carbocycles. The molecule has 0 saturated heterocycles. The van der Waals surface area contributed by atoms with Gasteiger partial charge in [0.1, 0.15) is 13.2 Å². The molecule has 0 bridgehead atoms. The lowest BCUT2D eigenvalue weighted by molar-refractivity contribution is -0.167. The summed E-state index contributed by atoms with van der Waals surface area (Å²) in [5, 5.41) is 0. The fraction of sp³-hybridized carbons (Fsp3) is 0.693. The van der Waals surface area contributed by atoms with Crippen LogP contribution in [0.2, 0.25) is 0 Å². The zero-order valence-corrected chi connectivity index (χ0v) is 53.0. The Morgan fingerprint density at radius 1 is 0.259 bits per heavy atom. The molecule has 0 heterocycles. The van der Waals surface area contributed by atoms with Crippen molar-refractivity contribution in [3.05, 3.63) is 122 Å². The van der Waals surface area contributed by atoms with Gasteiger partial charge in [-0.25, -0.2) is 0 Å².